The van der Waals surface area contributed by atoms with Crippen LogP contribution < -0.4 is 5.32 Å². The Balaban J connectivity index is 2.60. The van der Waals surface area contributed by atoms with Gasteiger partial charge in [-0.15, -0.1) is 0 Å². The second kappa shape index (κ2) is 5.04. The molecule has 0 saturated heterocycles. The highest BCUT2D eigenvalue weighted by Gasteiger charge is 2.05. The van der Waals surface area contributed by atoms with Crippen LogP contribution in [0.3, 0.4) is 0 Å². The summed E-state index contributed by atoms with van der Waals surface area (Å²) in [4.78, 5) is 0. The van der Waals surface area contributed by atoms with E-state index in [0.29, 0.717) is 6.61 Å². The number of nitrogens with one attached hydrogen (secondary N) is 1. The van der Waals surface area contributed by atoms with E-state index in [-0.39, 0.29) is 0 Å². The minimum absolute atomic E-state index is 0.648. The molecule has 74 valence electrons. The first-order valence-electron chi connectivity index (χ1n) is 4.58. The quantitative estimate of drug-likeness (QED) is 0.756. The minimum Gasteiger partial charge on any atom is -0.465 e. The normalized spacial score (nSPS) is 10.7. The molecule has 0 bridgehead atoms. The second-order valence-electron chi connectivity index (χ2n) is 2.96. The Labute approximate surface area is 79.1 Å². The molecular formula is C10H17NO2. The van der Waals surface area contributed by atoms with E-state index in [4.69, 9.17) is 9.15 Å². The summed E-state index contributed by atoms with van der Waals surface area (Å²) in [6.45, 7) is 6.12. The highest BCUT2D eigenvalue weighted by Crippen LogP contribution is 2.15. The van der Waals surface area contributed by atoms with Gasteiger partial charge in [0.1, 0.15) is 11.5 Å². The average Bonchev–Trinajstić information content (AvgIpc) is 2.44. The molecule has 0 radical (unpaired) electrons. The first kappa shape index (κ1) is 10.3. The van der Waals surface area contributed by atoms with Crippen molar-refractivity contribution in [2.45, 2.75) is 27.0 Å². The predicted octanol–water partition coefficient (Wildman–Crippen LogP) is 1.84. The van der Waals surface area contributed by atoms with Crippen LogP contribution in [0.25, 0.3) is 0 Å². The van der Waals surface area contributed by atoms with Gasteiger partial charge in [0.05, 0.1) is 13.2 Å². The molecule has 0 atom stereocenters. The van der Waals surface area contributed by atoms with Gasteiger partial charge in [0.2, 0.25) is 0 Å². The maximum Gasteiger partial charge on any atom is 0.118 e. The van der Waals surface area contributed by atoms with Gasteiger partial charge in [-0.25, -0.2) is 0 Å². The van der Waals surface area contributed by atoms with Gasteiger partial charge >= 0.3 is 0 Å². The van der Waals surface area contributed by atoms with Crippen LogP contribution in [0.15, 0.2) is 10.5 Å². The van der Waals surface area contributed by atoms with Crippen LogP contribution in [0.4, 0.5) is 0 Å². The van der Waals surface area contributed by atoms with Gasteiger partial charge in [-0.05, 0) is 27.0 Å². The Hall–Kier alpha value is -0.800. The Kier molecular flexibility index (Phi) is 3.99. The van der Waals surface area contributed by atoms with Crippen molar-refractivity contribution in [1.29, 1.82) is 0 Å². The van der Waals surface area contributed by atoms with E-state index in [9.17, 15) is 0 Å². The number of ether oxygens (including phenoxy) is 1. The molecule has 0 spiro atoms. The maximum absolute atomic E-state index is 5.51. The standard InChI is InChI=1S/C10H17NO2/c1-4-12-7-9-5-10(6-11-3)13-8(9)2/h5,11H,4,6-7H2,1-3H3. The molecule has 3 heteroatoms. The molecule has 0 aromatic carbocycles. The lowest BCUT2D eigenvalue weighted by Gasteiger charge is -1.97. The van der Waals surface area contributed by atoms with E-state index in [1.807, 2.05) is 27.0 Å². The van der Waals surface area contributed by atoms with Crippen LogP contribution in [0.1, 0.15) is 24.0 Å². The van der Waals surface area contributed by atoms with Crippen LogP contribution in [0.5, 0.6) is 0 Å². The molecule has 0 aliphatic carbocycles. The fourth-order valence-electron chi connectivity index (χ4n) is 1.20. The average molecular weight is 183 g/mol. The molecular weight excluding hydrogens is 166 g/mol. The van der Waals surface area contributed by atoms with Crippen LogP contribution >= 0.6 is 0 Å². The third-order valence-electron chi connectivity index (χ3n) is 1.88. The summed E-state index contributed by atoms with van der Waals surface area (Å²) >= 11 is 0. The van der Waals surface area contributed by atoms with E-state index >= 15 is 0 Å². The lowest BCUT2D eigenvalue weighted by Crippen LogP contribution is -2.03. The van der Waals surface area contributed by atoms with E-state index < -0.39 is 0 Å². The van der Waals surface area contributed by atoms with Crippen molar-refractivity contribution in [3.8, 4) is 0 Å². The van der Waals surface area contributed by atoms with Crippen LogP contribution in [0, 0.1) is 6.92 Å². The fraction of sp³-hybridized carbons (Fsp3) is 0.600. The zero-order chi connectivity index (χ0) is 9.68. The Morgan fingerprint density at radius 2 is 2.31 bits per heavy atom. The smallest absolute Gasteiger partial charge is 0.118 e. The SMILES string of the molecule is CCOCc1cc(CNC)oc1C. The number of aryl methyl sites for hydroxylation is 1. The van der Waals surface area contributed by atoms with Gasteiger partial charge in [-0.2, -0.15) is 0 Å². The number of hydrogen-bond acceptors (Lipinski definition) is 3. The number of furan rings is 1. The van der Waals surface area contributed by atoms with Crippen molar-refractivity contribution < 1.29 is 9.15 Å². The summed E-state index contributed by atoms with van der Waals surface area (Å²) in [7, 11) is 1.90. The highest BCUT2D eigenvalue weighted by atomic mass is 16.5. The minimum atomic E-state index is 0.648. The number of hydrogen-bond donors (Lipinski definition) is 1. The largest absolute Gasteiger partial charge is 0.465 e. The summed E-state index contributed by atoms with van der Waals surface area (Å²) in [5.74, 6) is 1.92. The topological polar surface area (TPSA) is 34.4 Å². The summed E-state index contributed by atoms with van der Waals surface area (Å²) in [6, 6.07) is 2.04. The Morgan fingerprint density at radius 1 is 1.54 bits per heavy atom. The molecule has 1 aromatic rings. The predicted molar refractivity (Wildman–Crippen MR) is 51.5 cm³/mol. The molecule has 3 nitrogen and oxygen atoms in total. The van der Waals surface area contributed by atoms with Gasteiger partial charge < -0.3 is 14.5 Å². The molecule has 13 heavy (non-hydrogen) atoms. The van der Waals surface area contributed by atoms with Crippen molar-refractivity contribution in [2.24, 2.45) is 0 Å². The molecule has 0 fully saturated rings. The molecule has 0 unspecified atom stereocenters. The zero-order valence-corrected chi connectivity index (χ0v) is 8.52. The zero-order valence-electron chi connectivity index (χ0n) is 8.52. The molecule has 1 aromatic heterocycles. The number of rotatable bonds is 5. The van der Waals surface area contributed by atoms with Crippen molar-refractivity contribution in [3.05, 3.63) is 23.2 Å². The Bertz CT molecular complexity index is 255. The monoisotopic (exact) mass is 183 g/mol. The van der Waals surface area contributed by atoms with Crippen molar-refractivity contribution >= 4 is 0 Å². The van der Waals surface area contributed by atoms with Crippen molar-refractivity contribution in [3.63, 3.8) is 0 Å². The molecule has 1 rings (SSSR count). The third kappa shape index (κ3) is 2.86. The van der Waals surface area contributed by atoms with Gasteiger partial charge in [-0.3, -0.25) is 0 Å². The van der Waals surface area contributed by atoms with E-state index in [0.717, 1.165) is 30.2 Å². The Morgan fingerprint density at radius 3 is 2.92 bits per heavy atom. The first-order chi connectivity index (χ1) is 6.27. The van der Waals surface area contributed by atoms with Gasteiger partial charge in [0, 0.05) is 12.2 Å². The summed E-state index contributed by atoms with van der Waals surface area (Å²) in [5, 5.41) is 3.05. The fourth-order valence-corrected chi connectivity index (χ4v) is 1.20. The van der Waals surface area contributed by atoms with Gasteiger partial charge in [-0.1, -0.05) is 0 Å². The highest BCUT2D eigenvalue weighted by molar-refractivity contribution is 5.19. The van der Waals surface area contributed by atoms with E-state index in [1.54, 1.807) is 0 Å². The maximum atomic E-state index is 5.51. The van der Waals surface area contributed by atoms with E-state index in [1.165, 1.54) is 0 Å². The summed E-state index contributed by atoms with van der Waals surface area (Å²) in [6.07, 6.45) is 0. The van der Waals surface area contributed by atoms with Crippen LogP contribution in [-0.2, 0) is 17.9 Å². The summed E-state index contributed by atoms with van der Waals surface area (Å²) < 4.78 is 10.8. The lowest BCUT2D eigenvalue weighted by molar-refractivity contribution is 0.133. The first-order valence-corrected chi connectivity index (χ1v) is 4.58. The molecule has 1 N–H and O–H groups in total. The van der Waals surface area contributed by atoms with Gasteiger partial charge in [0.25, 0.3) is 0 Å². The molecule has 0 amide bonds. The lowest BCUT2D eigenvalue weighted by atomic mass is 10.2. The third-order valence-corrected chi connectivity index (χ3v) is 1.88. The van der Waals surface area contributed by atoms with Crippen LogP contribution in [0.2, 0.25) is 0 Å². The molecule has 0 aliphatic heterocycles. The summed E-state index contributed by atoms with van der Waals surface area (Å²) in [5.41, 5.74) is 1.15. The van der Waals surface area contributed by atoms with E-state index in [2.05, 4.69) is 5.32 Å². The molecule has 0 saturated carbocycles. The molecule has 0 aliphatic rings. The van der Waals surface area contributed by atoms with Crippen molar-refractivity contribution in [2.75, 3.05) is 13.7 Å². The van der Waals surface area contributed by atoms with Crippen molar-refractivity contribution in [1.82, 2.24) is 5.32 Å². The second-order valence-corrected chi connectivity index (χ2v) is 2.96. The molecule has 1 heterocycles. The van der Waals surface area contributed by atoms with Crippen LogP contribution in [-0.4, -0.2) is 13.7 Å². The van der Waals surface area contributed by atoms with Gasteiger partial charge in [0.15, 0.2) is 0 Å².